The van der Waals surface area contributed by atoms with Crippen molar-refractivity contribution >= 4 is 29.5 Å². The highest BCUT2D eigenvalue weighted by molar-refractivity contribution is 6.10. The number of ether oxygens (including phenoxy) is 1. The highest BCUT2D eigenvalue weighted by Gasteiger charge is 2.12. The summed E-state index contributed by atoms with van der Waals surface area (Å²) >= 11 is 0. The Labute approximate surface area is 176 Å². The number of carbonyl (C=O) groups is 1. The molecule has 2 aromatic rings. The van der Waals surface area contributed by atoms with Crippen LogP contribution in [0.25, 0.3) is 11.6 Å². The molecule has 1 aromatic heterocycles. The zero-order chi connectivity index (χ0) is 21.3. The molecule has 30 heavy (non-hydrogen) atoms. The number of rotatable bonds is 7. The number of carbonyl (C=O) groups excluding carboxylic acids is 1. The molecule has 1 saturated heterocycles. The van der Waals surface area contributed by atoms with Gasteiger partial charge in [-0.1, -0.05) is 6.07 Å². The first-order valence-corrected chi connectivity index (χ1v) is 9.86. The van der Waals surface area contributed by atoms with E-state index in [9.17, 15) is 4.79 Å². The van der Waals surface area contributed by atoms with Crippen molar-refractivity contribution in [2.45, 2.75) is 13.5 Å². The fourth-order valence-electron chi connectivity index (χ4n) is 3.32. The SMILES string of the molecule is Cc1cc(NC(=O)/C=C/c2cnccc2/C(C=N)=C/N)ccc1CN1CCOCC1. The molecule has 0 unspecified atom stereocenters. The number of nitrogens with two attached hydrogens (primary N) is 1. The average Bonchev–Trinajstić information content (AvgIpc) is 2.76. The topological polar surface area (TPSA) is 104 Å². The molecule has 156 valence electrons. The summed E-state index contributed by atoms with van der Waals surface area (Å²) in [6, 6.07) is 7.74. The lowest BCUT2D eigenvalue weighted by Gasteiger charge is -2.27. The van der Waals surface area contributed by atoms with Gasteiger partial charge in [0, 0.05) is 67.3 Å². The molecule has 7 nitrogen and oxygen atoms in total. The van der Waals surface area contributed by atoms with E-state index in [1.165, 1.54) is 24.1 Å². The number of nitrogens with zero attached hydrogens (tertiary/aromatic N) is 2. The van der Waals surface area contributed by atoms with Crippen LogP contribution in [0, 0.1) is 12.3 Å². The van der Waals surface area contributed by atoms with Crippen LogP contribution < -0.4 is 11.1 Å². The van der Waals surface area contributed by atoms with Crippen molar-refractivity contribution in [3.05, 3.63) is 71.2 Å². The van der Waals surface area contributed by atoms with Gasteiger partial charge in [-0.25, -0.2) is 0 Å². The summed E-state index contributed by atoms with van der Waals surface area (Å²) in [5.74, 6) is -0.238. The zero-order valence-electron chi connectivity index (χ0n) is 17.1. The Kier molecular flexibility index (Phi) is 7.48. The zero-order valence-corrected chi connectivity index (χ0v) is 17.1. The largest absolute Gasteiger partial charge is 0.404 e. The molecule has 3 rings (SSSR count). The molecule has 0 saturated carbocycles. The minimum atomic E-state index is -0.238. The van der Waals surface area contributed by atoms with Crippen LogP contribution in [0.1, 0.15) is 22.3 Å². The minimum Gasteiger partial charge on any atom is -0.404 e. The molecular weight excluding hydrogens is 378 g/mol. The number of nitrogens with one attached hydrogen (secondary N) is 2. The predicted octanol–water partition coefficient (Wildman–Crippen LogP) is 2.82. The van der Waals surface area contributed by atoms with Crippen LogP contribution in [0.2, 0.25) is 0 Å². The van der Waals surface area contributed by atoms with Crippen molar-refractivity contribution in [2.75, 3.05) is 31.6 Å². The average molecular weight is 406 g/mol. The normalized spacial score (nSPS) is 15.3. The number of hydrogen-bond donors (Lipinski definition) is 3. The van der Waals surface area contributed by atoms with E-state index in [2.05, 4.69) is 28.2 Å². The fraction of sp³-hybridized carbons (Fsp3) is 0.261. The predicted molar refractivity (Wildman–Crippen MR) is 120 cm³/mol. The summed E-state index contributed by atoms with van der Waals surface area (Å²) < 4.78 is 5.40. The van der Waals surface area contributed by atoms with Gasteiger partial charge in [0.1, 0.15) is 0 Å². The molecule has 4 N–H and O–H groups in total. The molecule has 0 atom stereocenters. The molecular formula is C23H27N5O2. The molecule has 1 aromatic carbocycles. The third-order valence-electron chi connectivity index (χ3n) is 5.02. The van der Waals surface area contributed by atoms with Gasteiger partial charge in [0.2, 0.25) is 5.91 Å². The first-order valence-electron chi connectivity index (χ1n) is 9.86. The Bertz CT molecular complexity index is 962. The summed E-state index contributed by atoms with van der Waals surface area (Å²) in [6.07, 6.45) is 8.92. The van der Waals surface area contributed by atoms with Crippen LogP contribution >= 0.6 is 0 Å². The summed E-state index contributed by atoms with van der Waals surface area (Å²) in [5, 5.41) is 10.4. The van der Waals surface area contributed by atoms with Gasteiger partial charge in [0.25, 0.3) is 0 Å². The lowest BCUT2D eigenvalue weighted by atomic mass is 10.0. The van der Waals surface area contributed by atoms with Gasteiger partial charge in [-0.05, 0) is 47.9 Å². The number of hydrogen-bond acceptors (Lipinski definition) is 6. The quantitative estimate of drug-likeness (QED) is 0.485. The van der Waals surface area contributed by atoms with Gasteiger partial charge in [-0.2, -0.15) is 0 Å². The first kappa shape index (κ1) is 21.4. The number of allylic oxidation sites excluding steroid dienone is 1. The molecule has 0 aliphatic carbocycles. The second-order valence-electron chi connectivity index (χ2n) is 7.08. The van der Waals surface area contributed by atoms with Gasteiger partial charge in [-0.3, -0.25) is 14.7 Å². The van der Waals surface area contributed by atoms with Crippen LogP contribution in [0.5, 0.6) is 0 Å². The van der Waals surface area contributed by atoms with Gasteiger partial charge in [0.15, 0.2) is 0 Å². The highest BCUT2D eigenvalue weighted by atomic mass is 16.5. The van der Waals surface area contributed by atoms with Crippen LogP contribution in [0.3, 0.4) is 0 Å². The van der Waals surface area contributed by atoms with Crippen molar-refractivity contribution < 1.29 is 9.53 Å². The Morgan fingerprint density at radius 3 is 2.83 bits per heavy atom. The van der Waals surface area contributed by atoms with E-state index in [1.807, 2.05) is 12.1 Å². The highest BCUT2D eigenvalue weighted by Crippen LogP contribution is 2.19. The molecule has 1 amide bonds. The standard InChI is InChI=1S/C23H27N5O2/c1-17-12-21(4-2-19(17)16-28-8-10-30-11-9-28)27-23(29)5-3-18-15-26-7-6-22(18)20(13-24)14-25/h2-7,12-15,24H,8-11,16,25H2,1H3,(H,27,29)/b5-3+,20-14+,24-13?. The molecule has 0 spiro atoms. The maximum absolute atomic E-state index is 12.4. The Morgan fingerprint density at radius 1 is 1.33 bits per heavy atom. The van der Waals surface area contributed by atoms with E-state index in [1.54, 1.807) is 24.5 Å². The van der Waals surface area contributed by atoms with Crippen LogP contribution in [-0.2, 0) is 16.1 Å². The molecule has 1 aliphatic heterocycles. The fourth-order valence-corrected chi connectivity index (χ4v) is 3.32. The summed E-state index contributed by atoms with van der Waals surface area (Å²) in [5.41, 5.74) is 10.7. The van der Waals surface area contributed by atoms with E-state index >= 15 is 0 Å². The van der Waals surface area contributed by atoms with Crippen LogP contribution in [0.4, 0.5) is 5.69 Å². The van der Waals surface area contributed by atoms with Crippen molar-refractivity contribution in [3.8, 4) is 0 Å². The third kappa shape index (κ3) is 5.62. The number of anilines is 1. The number of aryl methyl sites for hydroxylation is 1. The molecule has 1 aliphatic rings. The van der Waals surface area contributed by atoms with Crippen molar-refractivity contribution in [3.63, 3.8) is 0 Å². The second-order valence-corrected chi connectivity index (χ2v) is 7.08. The van der Waals surface area contributed by atoms with E-state index in [-0.39, 0.29) is 5.91 Å². The number of morpholine rings is 1. The van der Waals surface area contributed by atoms with Crippen molar-refractivity contribution in [1.29, 1.82) is 5.41 Å². The minimum absolute atomic E-state index is 0.238. The van der Waals surface area contributed by atoms with E-state index < -0.39 is 0 Å². The van der Waals surface area contributed by atoms with Crippen LogP contribution in [-0.4, -0.2) is 48.3 Å². The number of pyridine rings is 1. The maximum Gasteiger partial charge on any atom is 0.248 e. The maximum atomic E-state index is 12.4. The summed E-state index contributed by atoms with van der Waals surface area (Å²) in [6.45, 7) is 6.38. The Balaban J connectivity index is 1.65. The summed E-state index contributed by atoms with van der Waals surface area (Å²) in [4.78, 5) is 18.9. The molecule has 1 fully saturated rings. The van der Waals surface area contributed by atoms with Gasteiger partial charge in [0.05, 0.1) is 13.2 Å². The van der Waals surface area contributed by atoms with E-state index in [0.717, 1.165) is 49.7 Å². The second kappa shape index (κ2) is 10.5. The van der Waals surface area contributed by atoms with Crippen molar-refractivity contribution in [1.82, 2.24) is 9.88 Å². The molecule has 7 heteroatoms. The van der Waals surface area contributed by atoms with Crippen LogP contribution in [0.15, 0.2) is 48.9 Å². The third-order valence-corrected chi connectivity index (χ3v) is 5.02. The molecule has 0 radical (unpaired) electrons. The monoisotopic (exact) mass is 405 g/mol. The van der Waals surface area contributed by atoms with Gasteiger partial charge < -0.3 is 21.2 Å². The van der Waals surface area contributed by atoms with E-state index in [0.29, 0.717) is 11.1 Å². The molecule has 2 heterocycles. The smallest absolute Gasteiger partial charge is 0.248 e. The first-order chi connectivity index (χ1) is 14.6. The number of benzene rings is 1. The van der Waals surface area contributed by atoms with Crippen molar-refractivity contribution in [2.24, 2.45) is 5.73 Å². The van der Waals surface area contributed by atoms with Gasteiger partial charge >= 0.3 is 0 Å². The lowest BCUT2D eigenvalue weighted by Crippen LogP contribution is -2.35. The Hall–Kier alpha value is -3.29. The number of amides is 1. The van der Waals surface area contributed by atoms with Gasteiger partial charge in [-0.15, -0.1) is 0 Å². The Morgan fingerprint density at radius 2 is 2.13 bits per heavy atom. The summed E-state index contributed by atoms with van der Waals surface area (Å²) in [7, 11) is 0. The number of aromatic nitrogens is 1. The molecule has 0 bridgehead atoms. The lowest BCUT2D eigenvalue weighted by molar-refractivity contribution is -0.111. The van der Waals surface area contributed by atoms with E-state index in [4.69, 9.17) is 15.9 Å².